The van der Waals surface area contributed by atoms with Gasteiger partial charge in [-0.1, -0.05) is 50.8 Å². The highest BCUT2D eigenvalue weighted by molar-refractivity contribution is 7.99. The number of rotatable bonds is 10. The van der Waals surface area contributed by atoms with Crippen LogP contribution in [0.4, 0.5) is 0 Å². The highest BCUT2D eigenvalue weighted by Crippen LogP contribution is 2.33. The van der Waals surface area contributed by atoms with Gasteiger partial charge in [-0.3, -0.25) is 9.78 Å². The maximum absolute atomic E-state index is 11.8. The van der Waals surface area contributed by atoms with Crippen LogP contribution in [0.3, 0.4) is 0 Å². The van der Waals surface area contributed by atoms with Crippen molar-refractivity contribution in [1.29, 1.82) is 0 Å². The number of fused-ring (bicyclic) bond motifs is 1. The first-order chi connectivity index (χ1) is 13.8. The number of aromatic nitrogens is 1. The highest BCUT2D eigenvalue weighted by atomic mass is 32.2. The minimum Gasteiger partial charge on any atom is -0.448 e. The molecular formula is C22H25N3O2S. The fourth-order valence-electron chi connectivity index (χ4n) is 2.84. The predicted molar refractivity (Wildman–Crippen MR) is 114 cm³/mol. The number of furan rings is 1. The Morgan fingerprint density at radius 2 is 2.00 bits per heavy atom. The molecule has 0 atom stereocenters. The van der Waals surface area contributed by atoms with E-state index in [1.807, 2.05) is 42.5 Å². The van der Waals surface area contributed by atoms with Gasteiger partial charge in [0, 0.05) is 22.9 Å². The van der Waals surface area contributed by atoms with Crippen LogP contribution in [-0.2, 0) is 4.79 Å². The molecule has 6 heteroatoms. The first kappa shape index (κ1) is 20.1. The van der Waals surface area contributed by atoms with E-state index in [0.717, 1.165) is 33.7 Å². The van der Waals surface area contributed by atoms with Crippen LogP contribution in [-0.4, -0.2) is 17.1 Å². The summed E-state index contributed by atoms with van der Waals surface area (Å²) >= 11 is 1.52. The summed E-state index contributed by atoms with van der Waals surface area (Å²) in [7, 11) is 0. The average molecular weight is 396 g/mol. The van der Waals surface area contributed by atoms with Crippen LogP contribution in [0, 0.1) is 0 Å². The number of amides is 1. The molecule has 5 nitrogen and oxygen atoms in total. The SMILES string of the molecule is CCCCCCCC(=O)NN=Cc1ccc(Sc2cccc3cccnc23)o1. The van der Waals surface area contributed by atoms with Gasteiger partial charge in [-0.05, 0) is 42.4 Å². The van der Waals surface area contributed by atoms with Crippen LogP contribution in [0.15, 0.2) is 68.2 Å². The van der Waals surface area contributed by atoms with E-state index in [2.05, 4.69) is 22.4 Å². The maximum atomic E-state index is 11.8. The zero-order valence-electron chi connectivity index (χ0n) is 16.1. The Kier molecular flexibility index (Phi) is 7.67. The fraction of sp³-hybridized carbons (Fsp3) is 0.318. The largest absolute Gasteiger partial charge is 0.448 e. The maximum Gasteiger partial charge on any atom is 0.240 e. The van der Waals surface area contributed by atoms with Gasteiger partial charge < -0.3 is 4.42 Å². The van der Waals surface area contributed by atoms with Gasteiger partial charge in [0.15, 0.2) is 5.09 Å². The molecule has 2 aromatic heterocycles. The molecule has 1 N–H and O–H groups in total. The van der Waals surface area contributed by atoms with Crippen molar-refractivity contribution in [2.75, 3.05) is 0 Å². The summed E-state index contributed by atoms with van der Waals surface area (Å²) in [4.78, 5) is 17.3. The normalized spacial score (nSPS) is 11.3. The number of hydrogen-bond donors (Lipinski definition) is 1. The monoisotopic (exact) mass is 395 g/mol. The molecule has 0 saturated heterocycles. The molecule has 0 aliphatic carbocycles. The number of hydrazone groups is 1. The van der Waals surface area contributed by atoms with Gasteiger partial charge in [0.1, 0.15) is 5.76 Å². The molecule has 0 aliphatic heterocycles. The number of unbranched alkanes of at least 4 members (excludes halogenated alkanes) is 4. The van der Waals surface area contributed by atoms with Crippen molar-refractivity contribution < 1.29 is 9.21 Å². The van der Waals surface area contributed by atoms with E-state index < -0.39 is 0 Å². The van der Waals surface area contributed by atoms with Crippen molar-refractivity contribution in [3.63, 3.8) is 0 Å². The number of hydrogen-bond acceptors (Lipinski definition) is 5. The topological polar surface area (TPSA) is 67.5 Å². The standard InChI is InChI=1S/C22H25N3O2S/c1-2-3-4-5-6-12-20(26)25-24-16-18-13-14-21(27-18)28-19-11-7-9-17-10-8-15-23-22(17)19/h7-11,13-16H,2-6,12H2,1H3,(H,25,26). The van der Waals surface area contributed by atoms with Gasteiger partial charge >= 0.3 is 0 Å². The second-order valence-electron chi connectivity index (χ2n) is 6.55. The predicted octanol–water partition coefficient (Wildman–Crippen LogP) is 5.79. The van der Waals surface area contributed by atoms with E-state index in [-0.39, 0.29) is 5.91 Å². The zero-order chi connectivity index (χ0) is 19.6. The van der Waals surface area contributed by atoms with Crippen LogP contribution in [0.25, 0.3) is 10.9 Å². The second-order valence-corrected chi connectivity index (χ2v) is 7.59. The molecule has 0 spiro atoms. The van der Waals surface area contributed by atoms with Gasteiger partial charge in [-0.25, -0.2) is 5.43 Å². The van der Waals surface area contributed by atoms with E-state index in [1.54, 1.807) is 6.20 Å². The van der Waals surface area contributed by atoms with Crippen LogP contribution in [0.5, 0.6) is 0 Å². The van der Waals surface area contributed by atoms with E-state index >= 15 is 0 Å². The van der Waals surface area contributed by atoms with Crippen molar-refractivity contribution in [1.82, 2.24) is 10.4 Å². The van der Waals surface area contributed by atoms with Gasteiger partial charge in [-0.2, -0.15) is 5.10 Å². The molecular weight excluding hydrogens is 370 g/mol. The molecule has 0 unspecified atom stereocenters. The molecule has 0 fully saturated rings. The lowest BCUT2D eigenvalue weighted by Crippen LogP contribution is -2.16. The average Bonchev–Trinajstić information content (AvgIpc) is 3.15. The van der Waals surface area contributed by atoms with Crippen LogP contribution in [0.1, 0.15) is 51.2 Å². The summed E-state index contributed by atoms with van der Waals surface area (Å²) in [6, 6.07) is 13.8. The van der Waals surface area contributed by atoms with Crippen molar-refractivity contribution >= 4 is 34.8 Å². The Morgan fingerprint density at radius 3 is 2.89 bits per heavy atom. The minimum absolute atomic E-state index is 0.0595. The van der Waals surface area contributed by atoms with Gasteiger partial charge in [0.25, 0.3) is 0 Å². The summed E-state index contributed by atoms with van der Waals surface area (Å²) in [5.41, 5.74) is 3.51. The van der Waals surface area contributed by atoms with Crippen molar-refractivity contribution in [2.45, 2.75) is 55.4 Å². The van der Waals surface area contributed by atoms with Gasteiger partial charge in [-0.15, -0.1) is 0 Å². The summed E-state index contributed by atoms with van der Waals surface area (Å²) in [5, 5.41) is 5.83. The number of nitrogens with zero attached hydrogens (tertiary/aromatic N) is 2. The molecule has 28 heavy (non-hydrogen) atoms. The quantitative estimate of drug-likeness (QED) is 0.268. The van der Waals surface area contributed by atoms with E-state index in [4.69, 9.17) is 4.42 Å². The van der Waals surface area contributed by atoms with Crippen molar-refractivity contribution in [2.24, 2.45) is 5.10 Å². The Hall–Kier alpha value is -2.60. The fourth-order valence-corrected chi connectivity index (χ4v) is 3.74. The van der Waals surface area contributed by atoms with Crippen molar-refractivity contribution in [3.8, 4) is 0 Å². The smallest absolute Gasteiger partial charge is 0.240 e. The molecule has 1 aromatic carbocycles. The number of benzene rings is 1. The van der Waals surface area contributed by atoms with E-state index in [0.29, 0.717) is 12.2 Å². The Labute approximate surface area is 169 Å². The summed E-state index contributed by atoms with van der Waals surface area (Å²) in [6.07, 6.45) is 9.44. The number of pyridine rings is 1. The highest BCUT2D eigenvalue weighted by Gasteiger charge is 2.07. The number of carbonyl (C=O) groups excluding carboxylic acids is 1. The number of nitrogens with one attached hydrogen (secondary N) is 1. The lowest BCUT2D eigenvalue weighted by atomic mass is 10.1. The lowest BCUT2D eigenvalue weighted by Gasteiger charge is -2.02. The first-order valence-electron chi connectivity index (χ1n) is 9.69. The summed E-state index contributed by atoms with van der Waals surface area (Å²) in [5.74, 6) is 0.537. The number of carbonyl (C=O) groups is 1. The molecule has 0 saturated carbocycles. The molecule has 0 bridgehead atoms. The Morgan fingerprint density at radius 1 is 1.14 bits per heavy atom. The molecule has 0 radical (unpaired) electrons. The van der Waals surface area contributed by atoms with Crippen molar-refractivity contribution in [3.05, 3.63) is 54.4 Å². The molecule has 146 valence electrons. The lowest BCUT2D eigenvalue weighted by molar-refractivity contribution is -0.121. The minimum atomic E-state index is -0.0595. The third-order valence-electron chi connectivity index (χ3n) is 4.30. The van der Waals surface area contributed by atoms with E-state index in [1.165, 1.54) is 37.2 Å². The summed E-state index contributed by atoms with van der Waals surface area (Å²) < 4.78 is 5.78. The van der Waals surface area contributed by atoms with Gasteiger partial charge in [0.05, 0.1) is 11.7 Å². The Bertz CT molecular complexity index is 931. The zero-order valence-corrected chi connectivity index (χ0v) is 16.9. The summed E-state index contributed by atoms with van der Waals surface area (Å²) in [6.45, 7) is 2.18. The van der Waals surface area contributed by atoms with Crippen LogP contribution in [0.2, 0.25) is 0 Å². The second kappa shape index (κ2) is 10.7. The Balaban J connectivity index is 1.50. The molecule has 1 amide bonds. The number of para-hydroxylation sites is 1. The van der Waals surface area contributed by atoms with Gasteiger partial charge in [0.2, 0.25) is 5.91 Å². The third-order valence-corrected chi connectivity index (χ3v) is 5.27. The molecule has 0 aliphatic rings. The first-order valence-corrected chi connectivity index (χ1v) is 10.5. The third kappa shape index (κ3) is 5.96. The molecule has 3 aromatic rings. The van der Waals surface area contributed by atoms with Crippen LogP contribution >= 0.6 is 11.8 Å². The molecule has 3 rings (SSSR count). The van der Waals surface area contributed by atoms with E-state index in [9.17, 15) is 4.79 Å². The van der Waals surface area contributed by atoms with Crippen LogP contribution < -0.4 is 5.43 Å². The molecule has 2 heterocycles.